The van der Waals surface area contributed by atoms with E-state index in [0.717, 1.165) is 12.6 Å². The molecule has 2 unspecified atom stereocenters. The lowest BCUT2D eigenvalue weighted by atomic mass is 9.94. The van der Waals surface area contributed by atoms with Crippen LogP contribution in [0, 0.1) is 5.92 Å². The van der Waals surface area contributed by atoms with E-state index in [1.54, 1.807) is 0 Å². The molecule has 2 atom stereocenters. The van der Waals surface area contributed by atoms with Crippen molar-refractivity contribution in [3.05, 3.63) is 20.8 Å². The Labute approximate surface area is 104 Å². The van der Waals surface area contributed by atoms with E-state index < -0.39 is 0 Å². The Morgan fingerprint density at radius 1 is 1.53 bits per heavy atom. The number of hydrogen-bond acceptors (Lipinski definition) is 2. The number of thiophene rings is 1. The molecule has 1 heterocycles. The topological polar surface area (TPSA) is 12.0 Å². The third kappa shape index (κ3) is 3.05. The van der Waals surface area contributed by atoms with Gasteiger partial charge >= 0.3 is 0 Å². The van der Waals surface area contributed by atoms with Crippen LogP contribution >= 0.6 is 27.3 Å². The van der Waals surface area contributed by atoms with Crippen molar-refractivity contribution in [2.75, 3.05) is 6.54 Å². The van der Waals surface area contributed by atoms with Gasteiger partial charge in [0.2, 0.25) is 0 Å². The van der Waals surface area contributed by atoms with Gasteiger partial charge in [0.15, 0.2) is 0 Å². The normalized spacial score (nSPS) is 20.2. The van der Waals surface area contributed by atoms with Crippen molar-refractivity contribution in [2.24, 2.45) is 5.92 Å². The van der Waals surface area contributed by atoms with E-state index in [1.165, 1.54) is 22.2 Å². The van der Waals surface area contributed by atoms with E-state index in [-0.39, 0.29) is 0 Å². The maximum Gasteiger partial charge on any atom is 0.0317 e. The average molecular weight is 288 g/mol. The van der Waals surface area contributed by atoms with Crippen molar-refractivity contribution in [1.82, 2.24) is 5.32 Å². The highest BCUT2D eigenvalue weighted by Crippen LogP contribution is 2.34. The van der Waals surface area contributed by atoms with Gasteiger partial charge in [-0.3, -0.25) is 0 Å². The Morgan fingerprint density at radius 2 is 2.27 bits per heavy atom. The fourth-order valence-electron chi connectivity index (χ4n) is 1.71. The van der Waals surface area contributed by atoms with Crippen molar-refractivity contribution in [1.29, 1.82) is 0 Å². The van der Waals surface area contributed by atoms with E-state index >= 15 is 0 Å². The number of hydrogen-bond donors (Lipinski definition) is 1. The van der Waals surface area contributed by atoms with Gasteiger partial charge in [0, 0.05) is 15.4 Å². The predicted molar refractivity (Wildman–Crippen MR) is 70.6 cm³/mol. The van der Waals surface area contributed by atoms with E-state index in [1.807, 2.05) is 11.3 Å². The second-order valence-electron chi connectivity index (χ2n) is 4.58. The lowest BCUT2D eigenvalue weighted by molar-refractivity contribution is 0.449. The largest absolute Gasteiger partial charge is 0.314 e. The van der Waals surface area contributed by atoms with Gasteiger partial charge < -0.3 is 5.32 Å². The molecular weight excluding hydrogens is 270 g/mol. The zero-order valence-electron chi connectivity index (χ0n) is 9.29. The molecule has 1 fully saturated rings. The smallest absolute Gasteiger partial charge is 0.0317 e. The lowest BCUT2D eigenvalue weighted by Crippen LogP contribution is -2.25. The zero-order chi connectivity index (χ0) is 10.8. The van der Waals surface area contributed by atoms with Crippen LogP contribution in [0.25, 0.3) is 0 Å². The molecule has 0 spiro atoms. The third-order valence-corrected chi connectivity index (χ3v) is 5.29. The maximum absolute atomic E-state index is 3.62. The summed E-state index contributed by atoms with van der Waals surface area (Å²) in [7, 11) is 0. The summed E-state index contributed by atoms with van der Waals surface area (Å²) in [6.07, 6.45) is 2.76. The monoisotopic (exact) mass is 287 g/mol. The van der Waals surface area contributed by atoms with Crippen LogP contribution in [-0.4, -0.2) is 12.6 Å². The minimum atomic E-state index is 0.644. The van der Waals surface area contributed by atoms with Gasteiger partial charge in [0.1, 0.15) is 0 Å². The Bertz CT molecular complexity index is 319. The summed E-state index contributed by atoms with van der Waals surface area (Å²) >= 11 is 5.48. The van der Waals surface area contributed by atoms with E-state index in [2.05, 4.69) is 46.5 Å². The van der Waals surface area contributed by atoms with Crippen LogP contribution in [0.4, 0.5) is 0 Å². The highest BCUT2D eigenvalue weighted by atomic mass is 79.9. The Hall–Kier alpha value is 0.140. The fourth-order valence-corrected chi connectivity index (χ4v) is 3.63. The van der Waals surface area contributed by atoms with Crippen molar-refractivity contribution in [3.63, 3.8) is 0 Å². The lowest BCUT2D eigenvalue weighted by Gasteiger charge is -2.19. The minimum Gasteiger partial charge on any atom is -0.314 e. The van der Waals surface area contributed by atoms with Crippen LogP contribution in [0.3, 0.4) is 0 Å². The van der Waals surface area contributed by atoms with Crippen LogP contribution < -0.4 is 5.32 Å². The first-order valence-corrected chi connectivity index (χ1v) is 7.32. The molecule has 1 aromatic heterocycles. The van der Waals surface area contributed by atoms with Crippen LogP contribution in [0.5, 0.6) is 0 Å². The molecule has 84 valence electrons. The van der Waals surface area contributed by atoms with Gasteiger partial charge in [-0.1, -0.05) is 13.8 Å². The van der Waals surface area contributed by atoms with Gasteiger partial charge in [0.05, 0.1) is 0 Å². The summed E-state index contributed by atoms with van der Waals surface area (Å²) in [5.74, 6) is 1.35. The van der Waals surface area contributed by atoms with Crippen LogP contribution in [-0.2, 0) is 0 Å². The Kier molecular flexibility index (Phi) is 3.86. The number of nitrogens with one attached hydrogen (secondary N) is 1. The van der Waals surface area contributed by atoms with Gasteiger partial charge in [-0.2, -0.15) is 0 Å². The molecule has 1 aliphatic rings. The van der Waals surface area contributed by atoms with Gasteiger partial charge in [-0.05, 0) is 58.6 Å². The molecule has 1 aliphatic carbocycles. The van der Waals surface area contributed by atoms with Gasteiger partial charge in [-0.25, -0.2) is 0 Å². The first-order valence-electron chi connectivity index (χ1n) is 5.64. The summed E-state index contributed by atoms with van der Waals surface area (Å²) in [5, 5.41) is 5.77. The SMILES string of the molecule is CC(CNC1CC1)C(C)c1sccc1Br. The molecule has 3 heteroatoms. The van der Waals surface area contributed by atoms with Crippen LogP contribution in [0.1, 0.15) is 37.5 Å². The summed E-state index contributed by atoms with van der Waals surface area (Å²) in [5.41, 5.74) is 0. The standard InChI is InChI=1S/C12H18BrNS/c1-8(7-14-10-3-4-10)9(2)12-11(13)5-6-15-12/h5-6,8-10,14H,3-4,7H2,1-2H3. The van der Waals surface area contributed by atoms with Crippen molar-refractivity contribution in [3.8, 4) is 0 Å². The highest BCUT2D eigenvalue weighted by Gasteiger charge is 2.23. The molecule has 0 amide bonds. The molecule has 1 nitrogen and oxygen atoms in total. The zero-order valence-corrected chi connectivity index (χ0v) is 11.7. The molecule has 15 heavy (non-hydrogen) atoms. The molecule has 1 N–H and O–H groups in total. The molecule has 0 radical (unpaired) electrons. The highest BCUT2D eigenvalue weighted by molar-refractivity contribution is 9.10. The quantitative estimate of drug-likeness (QED) is 0.863. The van der Waals surface area contributed by atoms with Crippen LogP contribution in [0.2, 0.25) is 0 Å². The van der Waals surface area contributed by atoms with Gasteiger partial charge in [0.25, 0.3) is 0 Å². The minimum absolute atomic E-state index is 0.644. The predicted octanol–water partition coefficient (Wildman–Crippen LogP) is 4.00. The second-order valence-corrected chi connectivity index (χ2v) is 6.38. The van der Waals surface area contributed by atoms with Crippen LogP contribution in [0.15, 0.2) is 15.9 Å². The first kappa shape index (κ1) is 11.6. The Balaban J connectivity index is 1.88. The summed E-state index contributed by atoms with van der Waals surface area (Å²) in [6, 6.07) is 2.98. The molecule has 0 aromatic carbocycles. The van der Waals surface area contributed by atoms with Gasteiger partial charge in [-0.15, -0.1) is 11.3 Å². The molecule has 2 rings (SSSR count). The van der Waals surface area contributed by atoms with Crippen molar-refractivity contribution in [2.45, 2.75) is 38.6 Å². The van der Waals surface area contributed by atoms with Crippen molar-refractivity contribution >= 4 is 27.3 Å². The van der Waals surface area contributed by atoms with E-state index in [9.17, 15) is 0 Å². The summed E-state index contributed by atoms with van der Waals surface area (Å²) in [6.45, 7) is 5.82. The number of rotatable bonds is 5. The average Bonchev–Trinajstić information content (AvgIpc) is 2.96. The van der Waals surface area contributed by atoms with Crippen molar-refractivity contribution < 1.29 is 0 Å². The molecule has 1 saturated carbocycles. The van der Waals surface area contributed by atoms with E-state index in [4.69, 9.17) is 0 Å². The summed E-state index contributed by atoms with van der Waals surface area (Å²) < 4.78 is 1.28. The second kappa shape index (κ2) is 4.98. The first-order chi connectivity index (χ1) is 7.18. The number of halogens is 1. The molecular formula is C12H18BrNS. The maximum atomic E-state index is 3.62. The molecule has 0 saturated heterocycles. The summed E-state index contributed by atoms with van der Waals surface area (Å²) in [4.78, 5) is 1.49. The third-order valence-electron chi connectivity index (χ3n) is 3.22. The molecule has 0 aliphatic heterocycles. The molecule has 0 bridgehead atoms. The molecule has 1 aromatic rings. The van der Waals surface area contributed by atoms with E-state index in [0.29, 0.717) is 11.8 Å². The fraction of sp³-hybridized carbons (Fsp3) is 0.667. The Morgan fingerprint density at radius 3 is 2.80 bits per heavy atom.